The van der Waals surface area contributed by atoms with Crippen molar-refractivity contribution in [2.75, 3.05) is 5.32 Å². The number of amides is 1. The van der Waals surface area contributed by atoms with Gasteiger partial charge in [-0.1, -0.05) is 17.8 Å². The van der Waals surface area contributed by atoms with Crippen molar-refractivity contribution >= 4 is 34.4 Å². The van der Waals surface area contributed by atoms with Gasteiger partial charge >= 0.3 is 0 Å². The fourth-order valence-corrected chi connectivity index (χ4v) is 4.36. The monoisotopic (exact) mass is 454 g/mol. The first-order chi connectivity index (χ1) is 16.1. The quantitative estimate of drug-likeness (QED) is 0.340. The lowest BCUT2D eigenvalue weighted by atomic mass is 10.1. The average molecular weight is 455 g/mol. The van der Waals surface area contributed by atoms with Crippen LogP contribution in [0.1, 0.15) is 16.2 Å². The van der Waals surface area contributed by atoms with Crippen LogP contribution in [0.2, 0.25) is 0 Å². The second-order valence-electron chi connectivity index (χ2n) is 7.42. The zero-order chi connectivity index (χ0) is 22.8. The summed E-state index contributed by atoms with van der Waals surface area (Å²) in [7, 11) is 0. The summed E-state index contributed by atoms with van der Waals surface area (Å²) >= 11 is 1.56. The molecule has 33 heavy (non-hydrogen) atoms. The Morgan fingerprint density at radius 3 is 2.48 bits per heavy atom. The summed E-state index contributed by atoms with van der Waals surface area (Å²) in [5.41, 5.74) is 3.56. The summed E-state index contributed by atoms with van der Waals surface area (Å²) in [4.78, 5) is 22.8. The number of hydrogen-bond donors (Lipinski definition) is 1. The van der Waals surface area contributed by atoms with Crippen molar-refractivity contribution in [1.82, 2.24) is 14.5 Å². The van der Waals surface area contributed by atoms with Gasteiger partial charge in [0, 0.05) is 28.0 Å². The number of nitrogens with one attached hydrogen (secondary N) is 1. The van der Waals surface area contributed by atoms with Crippen LogP contribution < -0.4 is 5.32 Å². The van der Waals surface area contributed by atoms with Crippen LogP contribution in [0.15, 0.2) is 101 Å². The molecule has 0 saturated carbocycles. The zero-order valence-corrected chi connectivity index (χ0v) is 18.5. The van der Waals surface area contributed by atoms with E-state index in [9.17, 15) is 9.18 Å². The van der Waals surface area contributed by atoms with Gasteiger partial charge in [0.25, 0.3) is 5.91 Å². The van der Waals surface area contributed by atoms with Gasteiger partial charge in [-0.25, -0.2) is 14.4 Å². The molecule has 3 aromatic carbocycles. The molecule has 0 saturated heterocycles. The average Bonchev–Trinajstić information content (AvgIpc) is 3.16. The number of aryl methyl sites for hydroxylation is 1. The van der Waals surface area contributed by atoms with Gasteiger partial charge in [-0.3, -0.25) is 9.36 Å². The normalized spacial score (nSPS) is 11.0. The molecule has 0 unspecified atom stereocenters. The third-order valence-corrected chi connectivity index (χ3v) is 6.10. The number of anilines is 1. The first-order valence-corrected chi connectivity index (χ1v) is 11.1. The minimum absolute atomic E-state index is 0.216. The van der Waals surface area contributed by atoms with Crippen LogP contribution in [0.25, 0.3) is 16.7 Å². The van der Waals surface area contributed by atoms with Crippen molar-refractivity contribution in [3.8, 4) is 5.69 Å². The third kappa shape index (κ3) is 4.49. The molecule has 5 rings (SSSR count). The van der Waals surface area contributed by atoms with Crippen LogP contribution >= 0.6 is 11.8 Å². The van der Waals surface area contributed by atoms with E-state index in [-0.39, 0.29) is 11.7 Å². The lowest BCUT2D eigenvalue weighted by molar-refractivity contribution is 0.102. The molecular weight excluding hydrogens is 435 g/mol. The van der Waals surface area contributed by atoms with Crippen LogP contribution in [0, 0.1) is 12.7 Å². The van der Waals surface area contributed by atoms with Crippen molar-refractivity contribution < 1.29 is 9.18 Å². The number of benzene rings is 3. The molecule has 2 aromatic heterocycles. The van der Waals surface area contributed by atoms with E-state index in [0.717, 1.165) is 32.5 Å². The molecule has 1 N–H and O–H groups in total. The van der Waals surface area contributed by atoms with Crippen molar-refractivity contribution in [2.24, 2.45) is 0 Å². The number of hydrogen-bond acceptors (Lipinski definition) is 4. The van der Waals surface area contributed by atoms with Gasteiger partial charge in [0.05, 0.1) is 11.0 Å². The fourth-order valence-electron chi connectivity index (χ4n) is 3.59. The van der Waals surface area contributed by atoms with Crippen molar-refractivity contribution in [3.05, 3.63) is 108 Å². The molecule has 0 fully saturated rings. The van der Waals surface area contributed by atoms with Gasteiger partial charge in [-0.15, -0.1) is 0 Å². The minimum Gasteiger partial charge on any atom is -0.322 e. The van der Waals surface area contributed by atoms with E-state index in [0.29, 0.717) is 11.3 Å². The number of rotatable bonds is 5. The van der Waals surface area contributed by atoms with Crippen molar-refractivity contribution in [3.63, 3.8) is 0 Å². The predicted molar refractivity (Wildman–Crippen MR) is 129 cm³/mol. The van der Waals surface area contributed by atoms with E-state index < -0.39 is 0 Å². The smallest absolute Gasteiger partial charge is 0.255 e. The van der Waals surface area contributed by atoms with E-state index in [1.165, 1.54) is 12.1 Å². The lowest BCUT2D eigenvalue weighted by Gasteiger charge is -2.09. The molecular formula is C26H19FN4OS. The third-order valence-electron chi connectivity index (χ3n) is 5.14. The SMILES string of the molecule is Cc1nc2ccc(C(=O)Nc3ccc(Sc4ccccn4)cc3)cc2n1-c1ccc(F)cc1. The number of carbonyl (C=O) groups excluding carboxylic acids is 1. The Morgan fingerprint density at radius 2 is 1.76 bits per heavy atom. The van der Waals surface area contributed by atoms with Crippen molar-refractivity contribution in [1.29, 1.82) is 0 Å². The van der Waals surface area contributed by atoms with E-state index in [4.69, 9.17) is 0 Å². The molecule has 5 aromatic rings. The number of pyridine rings is 1. The molecule has 0 aliphatic rings. The number of aromatic nitrogens is 3. The Balaban J connectivity index is 1.37. The lowest BCUT2D eigenvalue weighted by Crippen LogP contribution is -2.11. The predicted octanol–water partition coefficient (Wildman–Crippen LogP) is 6.27. The zero-order valence-electron chi connectivity index (χ0n) is 17.7. The molecule has 2 heterocycles. The van der Waals surface area contributed by atoms with Gasteiger partial charge in [0.1, 0.15) is 16.7 Å². The van der Waals surface area contributed by atoms with Crippen molar-refractivity contribution in [2.45, 2.75) is 16.8 Å². The highest BCUT2D eigenvalue weighted by atomic mass is 32.2. The Morgan fingerprint density at radius 1 is 0.970 bits per heavy atom. The van der Waals surface area contributed by atoms with Gasteiger partial charge in [0.2, 0.25) is 0 Å². The van der Waals surface area contributed by atoms with E-state index in [1.807, 2.05) is 60.0 Å². The molecule has 5 nitrogen and oxygen atoms in total. The second kappa shape index (κ2) is 8.88. The molecule has 162 valence electrons. The molecule has 0 atom stereocenters. The van der Waals surface area contributed by atoms with Crippen LogP contribution in [-0.2, 0) is 0 Å². The molecule has 0 radical (unpaired) electrons. The van der Waals surface area contributed by atoms with Crippen LogP contribution in [0.4, 0.5) is 10.1 Å². The highest BCUT2D eigenvalue weighted by molar-refractivity contribution is 7.99. The maximum atomic E-state index is 13.4. The number of imidazole rings is 1. The summed E-state index contributed by atoms with van der Waals surface area (Å²) in [5, 5.41) is 3.86. The minimum atomic E-state index is -0.301. The number of halogens is 1. The number of carbonyl (C=O) groups is 1. The van der Waals surface area contributed by atoms with Gasteiger partial charge in [0.15, 0.2) is 0 Å². The Kier molecular flexibility index (Phi) is 5.62. The van der Waals surface area contributed by atoms with Gasteiger partial charge in [-0.2, -0.15) is 0 Å². The number of fused-ring (bicyclic) bond motifs is 1. The maximum absolute atomic E-state index is 13.4. The standard InChI is InChI=1S/C26H19FN4OS/c1-17-29-23-14-5-18(16-24(23)31(17)21-10-6-19(27)7-11-21)26(32)30-20-8-12-22(13-9-20)33-25-4-2-3-15-28-25/h2-16H,1H3,(H,30,32). The molecule has 0 bridgehead atoms. The Labute approximate surface area is 194 Å². The van der Waals surface area contributed by atoms with Crippen LogP contribution in [-0.4, -0.2) is 20.4 Å². The Bertz CT molecular complexity index is 1430. The van der Waals surface area contributed by atoms with E-state index >= 15 is 0 Å². The molecule has 0 aliphatic carbocycles. The largest absolute Gasteiger partial charge is 0.322 e. The summed E-state index contributed by atoms with van der Waals surface area (Å²) in [6.07, 6.45) is 1.76. The second-order valence-corrected chi connectivity index (χ2v) is 8.52. The van der Waals surface area contributed by atoms with Gasteiger partial charge in [-0.05, 0) is 85.8 Å². The fraction of sp³-hybridized carbons (Fsp3) is 0.0385. The maximum Gasteiger partial charge on any atom is 0.255 e. The first-order valence-electron chi connectivity index (χ1n) is 10.3. The van der Waals surface area contributed by atoms with E-state index in [1.54, 1.807) is 42.2 Å². The number of nitrogens with zero attached hydrogens (tertiary/aromatic N) is 3. The van der Waals surface area contributed by atoms with Crippen LogP contribution in [0.5, 0.6) is 0 Å². The first kappa shape index (κ1) is 20.9. The highest BCUT2D eigenvalue weighted by Gasteiger charge is 2.13. The van der Waals surface area contributed by atoms with Gasteiger partial charge < -0.3 is 5.32 Å². The Hall–Kier alpha value is -3.97. The van der Waals surface area contributed by atoms with Crippen LogP contribution in [0.3, 0.4) is 0 Å². The highest BCUT2D eigenvalue weighted by Crippen LogP contribution is 2.27. The molecule has 0 spiro atoms. The molecule has 1 amide bonds. The summed E-state index contributed by atoms with van der Waals surface area (Å²) in [5.74, 6) is 0.243. The molecule has 7 heteroatoms. The summed E-state index contributed by atoms with van der Waals surface area (Å²) < 4.78 is 15.3. The summed E-state index contributed by atoms with van der Waals surface area (Å²) in [6, 6.07) is 25.0. The topological polar surface area (TPSA) is 59.8 Å². The molecule has 0 aliphatic heterocycles. The van der Waals surface area contributed by atoms with E-state index in [2.05, 4.69) is 15.3 Å². The summed E-state index contributed by atoms with van der Waals surface area (Å²) in [6.45, 7) is 1.88.